The Morgan fingerprint density at radius 3 is 2.53 bits per heavy atom. The molecule has 2 aromatic rings. The Morgan fingerprint density at radius 1 is 1.16 bits per heavy atom. The monoisotopic (exact) mass is 253 g/mol. The average Bonchev–Trinajstić information content (AvgIpc) is 3.21. The zero-order valence-electron chi connectivity index (χ0n) is 11.5. The van der Waals surface area contributed by atoms with Crippen LogP contribution in [0.5, 0.6) is 0 Å². The molecule has 0 atom stereocenters. The van der Waals surface area contributed by atoms with E-state index in [1.807, 2.05) is 13.1 Å². The molecule has 3 nitrogen and oxygen atoms in total. The maximum absolute atomic E-state index is 4.54. The van der Waals surface area contributed by atoms with E-state index in [0.29, 0.717) is 5.41 Å². The van der Waals surface area contributed by atoms with Gasteiger partial charge in [0.2, 0.25) is 0 Å². The molecule has 3 heteroatoms. The summed E-state index contributed by atoms with van der Waals surface area (Å²) in [6.45, 7) is 2.99. The van der Waals surface area contributed by atoms with Crippen LogP contribution < -0.4 is 4.90 Å². The fourth-order valence-corrected chi connectivity index (χ4v) is 2.65. The van der Waals surface area contributed by atoms with Crippen LogP contribution in [0.15, 0.2) is 42.7 Å². The van der Waals surface area contributed by atoms with Crippen molar-refractivity contribution in [2.75, 3.05) is 18.5 Å². The molecule has 1 heterocycles. The first kappa shape index (κ1) is 12.2. The molecule has 1 aliphatic carbocycles. The van der Waals surface area contributed by atoms with Crippen LogP contribution in [-0.4, -0.2) is 23.6 Å². The van der Waals surface area contributed by atoms with E-state index < -0.39 is 0 Å². The first-order valence-corrected chi connectivity index (χ1v) is 6.75. The lowest BCUT2D eigenvalue weighted by Crippen LogP contribution is -2.29. The van der Waals surface area contributed by atoms with Gasteiger partial charge >= 0.3 is 0 Å². The normalized spacial score (nSPS) is 16.1. The number of rotatable bonds is 4. The smallest absolute Gasteiger partial charge is 0.147 e. The average molecular weight is 253 g/mol. The van der Waals surface area contributed by atoms with Gasteiger partial charge in [0.15, 0.2) is 0 Å². The third-order valence-electron chi connectivity index (χ3n) is 3.91. The summed E-state index contributed by atoms with van der Waals surface area (Å²) in [6, 6.07) is 10.8. The van der Waals surface area contributed by atoms with Crippen LogP contribution in [0.25, 0.3) is 0 Å². The number of likely N-dealkylation sites (N-methyl/N-ethyl adjacent to an activating group) is 1. The predicted octanol–water partition coefficient (Wildman–Crippen LogP) is 2.95. The van der Waals surface area contributed by atoms with Gasteiger partial charge in [0, 0.05) is 25.2 Å². The van der Waals surface area contributed by atoms with E-state index in [0.717, 1.165) is 18.1 Å². The number of hydrogen-bond acceptors (Lipinski definition) is 3. The highest BCUT2D eigenvalue weighted by Crippen LogP contribution is 2.48. The molecule has 1 saturated carbocycles. The second-order valence-corrected chi connectivity index (χ2v) is 5.52. The fraction of sp³-hybridized carbons (Fsp3) is 0.375. The molecule has 3 rings (SSSR count). The molecular formula is C16H19N3. The van der Waals surface area contributed by atoms with Crippen LogP contribution in [0.3, 0.4) is 0 Å². The highest BCUT2D eigenvalue weighted by Gasteiger charge is 2.45. The Labute approximate surface area is 114 Å². The molecule has 0 spiro atoms. The Bertz CT molecular complexity index is 561. The molecular weight excluding hydrogens is 234 g/mol. The van der Waals surface area contributed by atoms with Gasteiger partial charge < -0.3 is 4.90 Å². The zero-order chi connectivity index (χ0) is 13.3. The standard InChI is InChI=1S/C16H19N3/c1-13-10-17-11-15(18-13)19(2)12-16(8-9-16)14-6-4-3-5-7-14/h3-7,10-11H,8-9,12H2,1-2H3. The number of nitrogens with zero attached hydrogens (tertiary/aromatic N) is 3. The molecule has 1 fully saturated rings. The van der Waals surface area contributed by atoms with Crippen molar-refractivity contribution in [3.63, 3.8) is 0 Å². The van der Waals surface area contributed by atoms with Crippen LogP contribution in [0, 0.1) is 6.92 Å². The van der Waals surface area contributed by atoms with E-state index in [4.69, 9.17) is 0 Å². The predicted molar refractivity (Wildman–Crippen MR) is 77.4 cm³/mol. The number of anilines is 1. The Hall–Kier alpha value is -1.90. The maximum Gasteiger partial charge on any atom is 0.147 e. The lowest BCUT2D eigenvalue weighted by molar-refractivity contribution is 0.667. The van der Waals surface area contributed by atoms with Crippen molar-refractivity contribution < 1.29 is 0 Å². The van der Waals surface area contributed by atoms with Gasteiger partial charge in [0.25, 0.3) is 0 Å². The molecule has 0 radical (unpaired) electrons. The van der Waals surface area contributed by atoms with Gasteiger partial charge in [-0.15, -0.1) is 0 Å². The summed E-state index contributed by atoms with van der Waals surface area (Å²) in [5.74, 6) is 0.960. The molecule has 0 N–H and O–H groups in total. The van der Waals surface area contributed by atoms with Crippen molar-refractivity contribution >= 4 is 5.82 Å². The van der Waals surface area contributed by atoms with E-state index in [1.54, 1.807) is 6.20 Å². The SMILES string of the molecule is Cc1cncc(N(C)CC2(c3ccccc3)CC2)n1. The van der Waals surface area contributed by atoms with Crippen molar-refractivity contribution in [3.8, 4) is 0 Å². The third kappa shape index (κ3) is 2.46. The van der Waals surface area contributed by atoms with Gasteiger partial charge in [-0.05, 0) is 25.3 Å². The quantitative estimate of drug-likeness (QED) is 0.839. The summed E-state index contributed by atoms with van der Waals surface area (Å²) in [4.78, 5) is 11.0. The summed E-state index contributed by atoms with van der Waals surface area (Å²) in [5.41, 5.74) is 2.73. The van der Waals surface area contributed by atoms with Crippen LogP contribution in [0.1, 0.15) is 24.1 Å². The van der Waals surface area contributed by atoms with Crippen molar-refractivity contribution in [2.24, 2.45) is 0 Å². The molecule has 1 aromatic heterocycles. The number of benzene rings is 1. The van der Waals surface area contributed by atoms with E-state index in [9.17, 15) is 0 Å². The summed E-state index contributed by atoms with van der Waals surface area (Å²) in [7, 11) is 2.10. The molecule has 0 unspecified atom stereocenters. The van der Waals surface area contributed by atoms with Gasteiger partial charge in [-0.2, -0.15) is 0 Å². The van der Waals surface area contributed by atoms with Crippen molar-refractivity contribution in [3.05, 3.63) is 54.0 Å². The van der Waals surface area contributed by atoms with Gasteiger partial charge in [0.05, 0.1) is 11.9 Å². The summed E-state index contributed by atoms with van der Waals surface area (Å²) >= 11 is 0. The Morgan fingerprint density at radius 2 is 1.89 bits per heavy atom. The molecule has 1 aromatic carbocycles. The van der Waals surface area contributed by atoms with E-state index >= 15 is 0 Å². The lowest BCUT2D eigenvalue weighted by atomic mass is 9.95. The minimum absolute atomic E-state index is 0.321. The topological polar surface area (TPSA) is 29.0 Å². The first-order valence-electron chi connectivity index (χ1n) is 6.75. The highest BCUT2D eigenvalue weighted by molar-refractivity contribution is 5.40. The Balaban J connectivity index is 1.78. The summed E-state index contributed by atoms with van der Waals surface area (Å²) < 4.78 is 0. The van der Waals surface area contributed by atoms with Crippen LogP contribution in [0.4, 0.5) is 5.82 Å². The number of aromatic nitrogens is 2. The first-order chi connectivity index (χ1) is 9.20. The van der Waals surface area contributed by atoms with Crippen molar-refractivity contribution in [1.82, 2.24) is 9.97 Å². The number of hydrogen-bond donors (Lipinski definition) is 0. The van der Waals surface area contributed by atoms with E-state index in [-0.39, 0.29) is 0 Å². The molecule has 19 heavy (non-hydrogen) atoms. The van der Waals surface area contributed by atoms with Gasteiger partial charge in [-0.3, -0.25) is 4.98 Å². The molecule has 0 aliphatic heterocycles. The van der Waals surface area contributed by atoms with Crippen LogP contribution >= 0.6 is 0 Å². The summed E-state index contributed by atoms with van der Waals surface area (Å²) in [5, 5.41) is 0. The van der Waals surface area contributed by atoms with E-state index in [1.165, 1.54) is 18.4 Å². The molecule has 98 valence electrons. The van der Waals surface area contributed by atoms with E-state index in [2.05, 4.69) is 52.2 Å². The Kier molecular flexibility index (Phi) is 2.97. The van der Waals surface area contributed by atoms with Crippen molar-refractivity contribution in [1.29, 1.82) is 0 Å². The third-order valence-corrected chi connectivity index (χ3v) is 3.91. The van der Waals surface area contributed by atoms with Gasteiger partial charge in [-0.25, -0.2) is 4.98 Å². The highest BCUT2D eigenvalue weighted by atomic mass is 15.2. The lowest BCUT2D eigenvalue weighted by Gasteiger charge is -2.25. The van der Waals surface area contributed by atoms with Gasteiger partial charge in [-0.1, -0.05) is 30.3 Å². The molecule has 0 saturated heterocycles. The van der Waals surface area contributed by atoms with Crippen LogP contribution in [-0.2, 0) is 5.41 Å². The molecule has 1 aliphatic rings. The molecule has 0 bridgehead atoms. The van der Waals surface area contributed by atoms with Crippen LogP contribution in [0.2, 0.25) is 0 Å². The minimum Gasteiger partial charge on any atom is -0.358 e. The zero-order valence-corrected chi connectivity index (χ0v) is 11.5. The second-order valence-electron chi connectivity index (χ2n) is 5.52. The second kappa shape index (κ2) is 4.65. The largest absolute Gasteiger partial charge is 0.358 e. The van der Waals surface area contributed by atoms with Gasteiger partial charge in [0.1, 0.15) is 5.82 Å². The van der Waals surface area contributed by atoms with Crippen molar-refractivity contribution in [2.45, 2.75) is 25.2 Å². The molecule has 0 amide bonds. The number of aryl methyl sites for hydroxylation is 1. The maximum atomic E-state index is 4.54. The fourth-order valence-electron chi connectivity index (χ4n) is 2.65. The minimum atomic E-state index is 0.321. The summed E-state index contributed by atoms with van der Waals surface area (Å²) in [6.07, 6.45) is 6.16.